The standard InChI is InChI=1S/C41H56N10O17/c1-19(2)34(51-38(64)27(14-33(59)60)48-39(65)29(18-53)50-35(61)24(42)17-52)40(66)45-15-31(57)44-16-32(58)46-25(11-20-3-7-22(54)8-4-20)36(62)47-26(13-30(43)56)37(63)49-28(41(67)68)12-21-5-9-23(55)10-6-21/h3-10,19,24-29,34,52-55H,11-18,42H2,1-2H3,(H2,43,56)(H,44,57)(H,45,66)(H,46,58)(H,47,62)(H,48,65)(H,49,63)(H,50,61)(H,51,64)(H,59,60)(H,67,68)/t24-,25-,26-,27-,28-,29-,34-/m0/s1. The van der Waals surface area contributed by atoms with E-state index in [-0.39, 0.29) is 24.3 Å². The summed E-state index contributed by atoms with van der Waals surface area (Å²) < 4.78 is 0. The average molecular weight is 961 g/mol. The fourth-order valence-corrected chi connectivity index (χ4v) is 5.86. The van der Waals surface area contributed by atoms with Crippen molar-refractivity contribution in [2.24, 2.45) is 17.4 Å². The molecule has 0 aromatic heterocycles. The molecule has 68 heavy (non-hydrogen) atoms. The SMILES string of the molecule is CC(C)[C@H](NC(=O)[C@H](CC(=O)O)NC(=O)[C@H](CO)NC(=O)[C@@H](N)CO)C(=O)NCC(=O)NCC(=O)N[C@@H](Cc1ccc(O)cc1)C(=O)N[C@@H](CC(N)=O)C(=O)N[C@@H](Cc1ccc(O)cc1)C(=O)O. The molecule has 0 radical (unpaired) electrons. The minimum Gasteiger partial charge on any atom is -0.508 e. The fraction of sp³-hybridized carbons (Fsp3) is 0.439. The number of primary amides is 1. The van der Waals surface area contributed by atoms with Crippen LogP contribution in [0, 0.1) is 5.92 Å². The van der Waals surface area contributed by atoms with Crippen LogP contribution in [0.15, 0.2) is 48.5 Å². The molecular weight excluding hydrogens is 905 g/mol. The van der Waals surface area contributed by atoms with Gasteiger partial charge in [-0.05, 0) is 41.3 Å². The van der Waals surface area contributed by atoms with Gasteiger partial charge in [0.15, 0.2) is 0 Å². The van der Waals surface area contributed by atoms with E-state index in [4.69, 9.17) is 16.6 Å². The summed E-state index contributed by atoms with van der Waals surface area (Å²) in [6.45, 7) is -0.481. The number of carboxylic acid groups (broad SMARTS) is 2. The van der Waals surface area contributed by atoms with E-state index in [1.807, 2.05) is 5.32 Å². The number of hydrogen-bond donors (Lipinski definition) is 16. The second-order valence-corrected chi connectivity index (χ2v) is 15.4. The fourth-order valence-electron chi connectivity index (χ4n) is 5.86. The van der Waals surface area contributed by atoms with E-state index >= 15 is 0 Å². The third kappa shape index (κ3) is 19.7. The Morgan fingerprint density at radius 2 is 0.956 bits per heavy atom. The maximum atomic E-state index is 13.7. The monoisotopic (exact) mass is 960 g/mol. The van der Waals surface area contributed by atoms with Crippen LogP contribution in [0.25, 0.3) is 0 Å². The van der Waals surface area contributed by atoms with Gasteiger partial charge in [0.05, 0.1) is 39.1 Å². The summed E-state index contributed by atoms with van der Waals surface area (Å²) in [5.74, 6) is -13.6. The van der Waals surface area contributed by atoms with Crippen molar-refractivity contribution in [2.75, 3.05) is 26.3 Å². The zero-order chi connectivity index (χ0) is 51.2. The summed E-state index contributed by atoms with van der Waals surface area (Å²) in [7, 11) is 0. The molecule has 2 rings (SSSR count). The lowest BCUT2D eigenvalue weighted by molar-refractivity contribution is -0.142. The lowest BCUT2D eigenvalue weighted by atomic mass is 10.0. The number of phenolic OH excluding ortho intramolecular Hbond substituents is 2. The Kier molecular flexibility index (Phi) is 22.8. The molecule has 0 heterocycles. The maximum Gasteiger partial charge on any atom is 0.326 e. The Balaban J connectivity index is 2.13. The Hall–Kier alpha value is -7.91. The minimum absolute atomic E-state index is 0.0948. The second-order valence-electron chi connectivity index (χ2n) is 15.4. The van der Waals surface area contributed by atoms with Gasteiger partial charge in [-0.1, -0.05) is 38.1 Å². The smallest absolute Gasteiger partial charge is 0.326 e. The summed E-state index contributed by atoms with van der Waals surface area (Å²) in [6.07, 6.45) is -2.38. The first kappa shape index (κ1) is 56.2. The van der Waals surface area contributed by atoms with Crippen LogP contribution in [-0.2, 0) is 65.6 Å². The quantitative estimate of drug-likeness (QED) is 0.0377. The van der Waals surface area contributed by atoms with Gasteiger partial charge in [0, 0.05) is 12.8 Å². The van der Waals surface area contributed by atoms with E-state index in [9.17, 15) is 78.3 Å². The minimum atomic E-state index is -1.86. The van der Waals surface area contributed by atoms with Crippen LogP contribution < -0.4 is 54.0 Å². The zero-order valence-corrected chi connectivity index (χ0v) is 36.7. The Morgan fingerprint density at radius 1 is 0.515 bits per heavy atom. The molecule has 27 nitrogen and oxygen atoms in total. The molecule has 0 bridgehead atoms. The number of hydrogen-bond acceptors (Lipinski definition) is 16. The number of carboxylic acids is 2. The third-order valence-electron chi connectivity index (χ3n) is 9.53. The molecule has 0 aliphatic rings. The second kappa shape index (κ2) is 27.5. The number of amides is 9. The summed E-state index contributed by atoms with van der Waals surface area (Å²) in [4.78, 5) is 139. The summed E-state index contributed by atoms with van der Waals surface area (Å²) in [5.41, 5.74) is 11.5. The number of aliphatic hydroxyl groups excluding tert-OH is 2. The van der Waals surface area contributed by atoms with Gasteiger partial charge in [0.1, 0.15) is 53.8 Å². The van der Waals surface area contributed by atoms with Gasteiger partial charge >= 0.3 is 11.9 Å². The van der Waals surface area contributed by atoms with Crippen molar-refractivity contribution >= 4 is 65.1 Å². The van der Waals surface area contributed by atoms with Crippen LogP contribution in [0.5, 0.6) is 11.5 Å². The van der Waals surface area contributed by atoms with Crippen LogP contribution in [0.2, 0.25) is 0 Å². The predicted molar refractivity (Wildman–Crippen MR) is 232 cm³/mol. The number of aromatic hydroxyl groups is 2. The van der Waals surface area contributed by atoms with Gasteiger partial charge in [-0.2, -0.15) is 0 Å². The molecule has 0 unspecified atom stereocenters. The summed E-state index contributed by atoms with van der Waals surface area (Å²) >= 11 is 0. The molecule has 0 spiro atoms. The molecule has 2 aromatic carbocycles. The summed E-state index contributed by atoms with van der Waals surface area (Å²) in [6, 6.07) is -0.565. The molecule has 9 amide bonds. The van der Waals surface area contributed by atoms with Gasteiger partial charge in [0.25, 0.3) is 0 Å². The highest BCUT2D eigenvalue weighted by Crippen LogP contribution is 2.14. The molecule has 0 fully saturated rings. The van der Waals surface area contributed by atoms with Crippen molar-refractivity contribution in [1.82, 2.24) is 42.5 Å². The number of aliphatic carboxylic acids is 2. The Morgan fingerprint density at radius 3 is 1.43 bits per heavy atom. The number of phenols is 2. The van der Waals surface area contributed by atoms with Crippen LogP contribution in [-0.4, -0.2) is 164 Å². The van der Waals surface area contributed by atoms with Crippen molar-refractivity contribution in [3.63, 3.8) is 0 Å². The van der Waals surface area contributed by atoms with E-state index in [0.717, 1.165) is 0 Å². The van der Waals surface area contributed by atoms with Crippen molar-refractivity contribution < 1.29 is 83.4 Å². The first-order valence-corrected chi connectivity index (χ1v) is 20.6. The Bertz CT molecular complexity index is 2140. The maximum absolute atomic E-state index is 13.7. The molecule has 7 atom stereocenters. The number of carbonyl (C=O) groups excluding carboxylic acids is 9. The highest BCUT2D eigenvalue weighted by atomic mass is 16.4. The van der Waals surface area contributed by atoms with E-state index in [2.05, 4.69) is 37.2 Å². The van der Waals surface area contributed by atoms with E-state index in [1.54, 1.807) is 0 Å². The molecule has 372 valence electrons. The molecule has 0 saturated heterocycles. The number of rotatable bonds is 28. The van der Waals surface area contributed by atoms with E-state index in [1.165, 1.54) is 62.4 Å². The molecule has 0 aliphatic carbocycles. The average Bonchev–Trinajstić information content (AvgIpc) is 3.27. The topological polar surface area (TPSA) is 457 Å². The Labute approximate surface area is 387 Å². The lowest BCUT2D eigenvalue weighted by Gasteiger charge is -2.26. The van der Waals surface area contributed by atoms with E-state index < -0.39 is 152 Å². The van der Waals surface area contributed by atoms with Crippen LogP contribution in [0.3, 0.4) is 0 Å². The molecule has 27 heteroatoms. The number of aliphatic hydroxyl groups is 2. The highest BCUT2D eigenvalue weighted by molar-refractivity contribution is 5.98. The van der Waals surface area contributed by atoms with E-state index in [0.29, 0.717) is 11.1 Å². The number of benzene rings is 2. The first-order valence-electron chi connectivity index (χ1n) is 20.6. The van der Waals surface area contributed by atoms with Gasteiger partial charge in [-0.15, -0.1) is 0 Å². The van der Waals surface area contributed by atoms with Crippen molar-refractivity contribution in [3.8, 4) is 11.5 Å². The van der Waals surface area contributed by atoms with Gasteiger partial charge in [-0.3, -0.25) is 47.9 Å². The highest BCUT2D eigenvalue weighted by Gasteiger charge is 2.34. The molecule has 18 N–H and O–H groups in total. The van der Waals surface area contributed by atoms with Crippen LogP contribution in [0.4, 0.5) is 0 Å². The predicted octanol–water partition coefficient (Wildman–Crippen LogP) is -6.57. The summed E-state index contributed by atoms with van der Waals surface area (Å²) in [5, 5.41) is 74.8. The lowest BCUT2D eigenvalue weighted by Crippen LogP contribution is -2.60. The third-order valence-corrected chi connectivity index (χ3v) is 9.53. The molecule has 0 saturated carbocycles. The number of carbonyl (C=O) groups is 11. The zero-order valence-electron chi connectivity index (χ0n) is 36.7. The largest absolute Gasteiger partial charge is 0.508 e. The van der Waals surface area contributed by atoms with Gasteiger partial charge < -0.3 is 84.6 Å². The molecular formula is C41H56N10O17. The normalized spacial score (nSPS) is 13.9. The first-order chi connectivity index (χ1) is 31.9. The number of nitrogens with two attached hydrogens (primary N) is 2. The molecule has 0 aliphatic heterocycles. The van der Waals surface area contributed by atoms with Gasteiger partial charge in [-0.25, -0.2) is 4.79 Å². The van der Waals surface area contributed by atoms with Crippen LogP contribution in [0.1, 0.15) is 37.8 Å². The van der Waals surface area contributed by atoms with Gasteiger partial charge in [0.2, 0.25) is 53.2 Å². The molecule has 2 aromatic rings. The number of nitrogens with one attached hydrogen (secondary N) is 8. The van der Waals surface area contributed by atoms with Crippen LogP contribution >= 0.6 is 0 Å². The van der Waals surface area contributed by atoms with Crippen molar-refractivity contribution in [3.05, 3.63) is 59.7 Å². The van der Waals surface area contributed by atoms with Crippen molar-refractivity contribution in [1.29, 1.82) is 0 Å². The van der Waals surface area contributed by atoms with Crippen molar-refractivity contribution in [2.45, 2.75) is 81.8 Å².